The first kappa shape index (κ1) is 15.7. The highest BCUT2D eigenvalue weighted by Crippen LogP contribution is 2.33. The Morgan fingerprint density at radius 3 is 2.64 bits per heavy atom. The van der Waals surface area contributed by atoms with E-state index in [0.717, 1.165) is 28.8 Å². The molecule has 0 unspecified atom stereocenters. The van der Waals surface area contributed by atoms with Gasteiger partial charge in [-0.3, -0.25) is 15.0 Å². The van der Waals surface area contributed by atoms with Gasteiger partial charge < -0.3 is 5.32 Å². The molecular formula is C20H21N3O2. The number of rotatable bonds is 2. The Bertz CT molecular complexity index is 875. The monoisotopic (exact) mass is 335 g/mol. The lowest BCUT2D eigenvalue weighted by Crippen LogP contribution is -2.49. The molecule has 0 saturated carbocycles. The fourth-order valence-electron chi connectivity index (χ4n) is 3.60. The lowest BCUT2D eigenvalue weighted by molar-refractivity contribution is -0.120. The zero-order valence-electron chi connectivity index (χ0n) is 14.4. The largest absolute Gasteiger partial charge is 0.382 e. The second-order valence-electron chi connectivity index (χ2n) is 6.88. The van der Waals surface area contributed by atoms with Crippen LogP contribution < -0.4 is 15.5 Å². The first-order valence-corrected chi connectivity index (χ1v) is 8.63. The van der Waals surface area contributed by atoms with Crippen LogP contribution in [0.5, 0.6) is 0 Å². The molecule has 5 nitrogen and oxygen atoms in total. The van der Waals surface area contributed by atoms with Gasteiger partial charge in [-0.1, -0.05) is 18.2 Å². The maximum atomic E-state index is 12.2. The van der Waals surface area contributed by atoms with Crippen LogP contribution in [-0.4, -0.2) is 24.5 Å². The van der Waals surface area contributed by atoms with Crippen LogP contribution in [0.25, 0.3) is 11.1 Å². The quantitative estimate of drug-likeness (QED) is 0.883. The van der Waals surface area contributed by atoms with Gasteiger partial charge in [0.25, 0.3) is 0 Å². The number of nitrogens with zero attached hydrogens (tertiary/aromatic N) is 1. The van der Waals surface area contributed by atoms with E-state index in [2.05, 4.69) is 41.8 Å². The van der Waals surface area contributed by atoms with Crippen molar-refractivity contribution in [2.24, 2.45) is 0 Å². The highest BCUT2D eigenvalue weighted by Gasteiger charge is 2.25. The molecule has 2 aromatic carbocycles. The molecule has 4 rings (SSSR count). The molecule has 1 atom stereocenters. The predicted octanol–water partition coefficient (Wildman–Crippen LogP) is 3.46. The summed E-state index contributed by atoms with van der Waals surface area (Å²) >= 11 is 0. The van der Waals surface area contributed by atoms with Crippen LogP contribution in [-0.2, 0) is 11.2 Å². The molecule has 128 valence electrons. The number of benzene rings is 2. The number of amides is 3. The number of fused-ring (bicyclic) bond motifs is 1. The molecule has 0 aliphatic carbocycles. The number of carbonyl (C=O) groups excluding carboxylic acids is 2. The molecule has 2 aliphatic rings. The fraction of sp³-hybridized carbons (Fsp3) is 0.300. The van der Waals surface area contributed by atoms with Gasteiger partial charge in [-0.15, -0.1) is 0 Å². The van der Waals surface area contributed by atoms with Crippen LogP contribution in [0.2, 0.25) is 0 Å². The molecule has 0 radical (unpaired) electrons. The second-order valence-corrected chi connectivity index (χ2v) is 6.88. The zero-order valence-corrected chi connectivity index (χ0v) is 14.4. The summed E-state index contributed by atoms with van der Waals surface area (Å²) in [6.07, 6.45) is 1.36. The van der Waals surface area contributed by atoms with E-state index in [1.165, 1.54) is 11.3 Å². The van der Waals surface area contributed by atoms with Gasteiger partial charge in [-0.25, -0.2) is 4.79 Å². The van der Waals surface area contributed by atoms with Crippen molar-refractivity contribution in [2.75, 3.05) is 16.8 Å². The second kappa shape index (κ2) is 5.92. The molecule has 2 aromatic rings. The van der Waals surface area contributed by atoms with Gasteiger partial charge in [0.1, 0.15) is 0 Å². The van der Waals surface area contributed by atoms with E-state index in [4.69, 9.17) is 0 Å². The molecule has 1 saturated heterocycles. The smallest absolute Gasteiger partial charge is 0.328 e. The number of anilines is 2. The third-order valence-electron chi connectivity index (χ3n) is 4.92. The Kier molecular flexibility index (Phi) is 3.71. The summed E-state index contributed by atoms with van der Waals surface area (Å²) < 4.78 is 0. The summed E-state index contributed by atoms with van der Waals surface area (Å²) in [5.41, 5.74) is 6.63. The van der Waals surface area contributed by atoms with E-state index in [1.807, 2.05) is 19.1 Å². The van der Waals surface area contributed by atoms with Crippen molar-refractivity contribution in [3.63, 3.8) is 0 Å². The molecule has 0 bridgehead atoms. The molecule has 3 amide bonds. The molecule has 5 heteroatoms. The lowest BCUT2D eigenvalue weighted by Gasteiger charge is -2.28. The summed E-state index contributed by atoms with van der Waals surface area (Å²) in [6, 6.07) is 12.7. The Morgan fingerprint density at radius 2 is 1.84 bits per heavy atom. The summed E-state index contributed by atoms with van der Waals surface area (Å²) in [5.74, 6) is -0.213. The van der Waals surface area contributed by atoms with Crippen molar-refractivity contribution in [3.05, 3.63) is 47.5 Å². The Hall–Kier alpha value is -2.82. The number of imide groups is 1. The van der Waals surface area contributed by atoms with E-state index in [-0.39, 0.29) is 11.9 Å². The van der Waals surface area contributed by atoms with Crippen molar-refractivity contribution in [1.29, 1.82) is 0 Å². The van der Waals surface area contributed by atoms with Crippen molar-refractivity contribution in [3.8, 4) is 11.1 Å². The summed E-state index contributed by atoms with van der Waals surface area (Å²) in [5, 5.41) is 5.86. The number of nitrogens with one attached hydrogen (secondary N) is 2. The van der Waals surface area contributed by atoms with Gasteiger partial charge in [0, 0.05) is 30.4 Å². The average Bonchev–Trinajstić information content (AvgIpc) is 2.95. The number of carbonyl (C=O) groups is 2. The molecule has 2 aliphatic heterocycles. The zero-order chi connectivity index (χ0) is 17.6. The van der Waals surface area contributed by atoms with Gasteiger partial charge in [0.2, 0.25) is 5.91 Å². The molecule has 25 heavy (non-hydrogen) atoms. The first-order valence-electron chi connectivity index (χ1n) is 8.63. The van der Waals surface area contributed by atoms with Crippen LogP contribution in [0, 0.1) is 6.92 Å². The Balaban J connectivity index is 1.70. The van der Waals surface area contributed by atoms with Crippen molar-refractivity contribution >= 4 is 23.3 Å². The van der Waals surface area contributed by atoms with Crippen molar-refractivity contribution < 1.29 is 9.59 Å². The molecular weight excluding hydrogens is 314 g/mol. The van der Waals surface area contributed by atoms with Crippen LogP contribution in [0.15, 0.2) is 36.4 Å². The fourth-order valence-corrected chi connectivity index (χ4v) is 3.60. The SMILES string of the molecule is Cc1ccc(-c2ccc3c(c2)C[C@H](C)N3)cc1N1CCC(=O)NC1=O. The normalized spacial score (nSPS) is 19.4. The van der Waals surface area contributed by atoms with Crippen molar-refractivity contribution in [1.82, 2.24) is 5.32 Å². The van der Waals surface area contributed by atoms with Gasteiger partial charge in [0.05, 0.1) is 0 Å². The maximum absolute atomic E-state index is 12.2. The van der Waals surface area contributed by atoms with Gasteiger partial charge in [-0.2, -0.15) is 0 Å². The Morgan fingerprint density at radius 1 is 1.08 bits per heavy atom. The standard InChI is InChI=1S/C20H21N3O2/c1-12-3-4-15(11-18(12)23-8-7-19(24)22-20(23)25)14-5-6-17-16(10-14)9-13(2)21-17/h3-6,10-11,13,21H,7-9H2,1-2H3,(H,22,24,25)/t13-/m0/s1. The average molecular weight is 335 g/mol. The van der Waals surface area contributed by atoms with E-state index < -0.39 is 0 Å². The van der Waals surface area contributed by atoms with Crippen LogP contribution >= 0.6 is 0 Å². The molecule has 0 aromatic heterocycles. The van der Waals surface area contributed by atoms with Crippen LogP contribution in [0.4, 0.5) is 16.2 Å². The number of urea groups is 1. The minimum atomic E-state index is -0.344. The van der Waals surface area contributed by atoms with E-state index in [1.54, 1.807) is 4.90 Å². The molecule has 1 fully saturated rings. The molecule has 0 spiro atoms. The third-order valence-corrected chi connectivity index (χ3v) is 4.92. The minimum absolute atomic E-state index is 0.213. The van der Waals surface area contributed by atoms with Gasteiger partial charge in [0.15, 0.2) is 0 Å². The van der Waals surface area contributed by atoms with E-state index in [9.17, 15) is 9.59 Å². The number of hydrogen-bond donors (Lipinski definition) is 2. The number of aryl methyl sites for hydroxylation is 1. The van der Waals surface area contributed by atoms with Crippen LogP contribution in [0.3, 0.4) is 0 Å². The van der Waals surface area contributed by atoms with E-state index in [0.29, 0.717) is 19.0 Å². The third kappa shape index (κ3) is 2.86. The van der Waals surface area contributed by atoms with Gasteiger partial charge >= 0.3 is 6.03 Å². The highest BCUT2D eigenvalue weighted by molar-refractivity contribution is 6.06. The van der Waals surface area contributed by atoms with Crippen molar-refractivity contribution in [2.45, 2.75) is 32.7 Å². The number of hydrogen-bond acceptors (Lipinski definition) is 3. The topological polar surface area (TPSA) is 61.4 Å². The maximum Gasteiger partial charge on any atom is 0.328 e. The highest BCUT2D eigenvalue weighted by atomic mass is 16.2. The summed E-state index contributed by atoms with van der Waals surface area (Å²) in [7, 11) is 0. The predicted molar refractivity (Wildman–Crippen MR) is 98.9 cm³/mol. The van der Waals surface area contributed by atoms with E-state index >= 15 is 0 Å². The minimum Gasteiger partial charge on any atom is -0.382 e. The lowest BCUT2D eigenvalue weighted by atomic mass is 9.99. The van der Waals surface area contributed by atoms with Gasteiger partial charge in [-0.05, 0) is 60.7 Å². The summed E-state index contributed by atoms with van der Waals surface area (Å²) in [6.45, 7) is 4.58. The molecule has 2 heterocycles. The molecule has 2 N–H and O–H groups in total. The first-order chi connectivity index (χ1) is 12.0. The van der Waals surface area contributed by atoms with Crippen LogP contribution in [0.1, 0.15) is 24.5 Å². The Labute approximate surface area is 147 Å². The summed E-state index contributed by atoms with van der Waals surface area (Å²) in [4.78, 5) is 25.2.